The summed E-state index contributed by atoms with van der Waals surface area (Å²) in [6.45, 7) is 2.05. The number of aryl methyl sites for hydroxylation is 1. The number of fused-ring (bicyclic) bond motifs is 3. The van der Waals surface area contributed by atoms with Crippen LogP contribution in [0, 0.1) is 6.92 Å². The van der Waals surface area contributed by atoms with Crippen molar-refractivity contribution in [3.05, 3.63) is 88.3 Å². The molecule has 2 aliphatic carbocycles. The number of rotatable bonds is 8. The van der Waals surface area contributed by atoms with Crippen molar-refractivity contribution in [2.24, 2.45) is 0 Å². The number of hydrogen-bond acceptors (Lipinski definition) is 9. The number of anilines is 1. The van der Waals surface area contributed by atoms with Gasteiger partial charge in [0.15, 0.2) is 18.1 Å². The van der Waals surface area contributed by atoms with Crippen molar-refractivity contribution < 1.29 is 40.8 Å². The zero-order valence-corrected chi connectivity index (χ0v) is 25.5. The Labute approximate surface area is 257 Å². The van der Waals surface area contributed by atoms with Crippen molar-refractivity contribution in [3.8, 4) is 16.9 Å². The Kier molecular flexibility index (Phi) is 8.38. The van der Waals surface area contributed by atoms with Crippen LogP contribution in [0.25, 0.3) is 11.1 Å². The summed E-state index contributed by atoms with van der Waals surface area (Å²) in [5, 5.41) is 12.8. The van der Waals surface area contributed by atoms with Crippen molar-refractivity contribution in [1.29, 1.82) is 0 Å². The number of halogens is 3. The number of nitrogens with two attached hydrogens (primary N) is 1. The van der Waals surface area contributed by atoms with E-state index in [0.29, 0.717) is 28.5 Å². The lowest BCUT2D eigenvalue weighted by Gasteiger charge is -2.28. The van der Waals surface area contributed by atoms with Gasteiger partial charge in [-0.25, -0.2) is 18.2 Å². The van der Waals surface area contributed by atoms with Gasteiger partial charge in [-0.1, -0.05) is 41.6 Å². The van der Waals surface area contributed by atoms with Crippen LogP contribution in [0.1, 0.15) is 70.1 Å². The molecule has 2 aromatic heterocycles. The molecule has 3 N–H and O–H groups in total. The first-order chi connectivity index (χ1) is 21.1. The number of aromatic nitrogens is 3. The summed E-state index contributed by atoms with van der Waals surface area (Å²) in [7, 11) is -3.33. The standard InChI is InChI=1S/C20H21N3O3S.C11H10F3NO3/c1-12-22-19(23-26-12)20(2,11-27(3,24)25)17-9-8-15-14-7-5-4-6-13(14)10-16(15)18(17)21;12-11(13,14)5-18-9-3-8(10(16)17)15-4-7(9)6-1-2-6/h4-9H,10-11,21H2,1-3H3;3-4,6H,1-2,5H2,(H,16,17)/t20-;/m0./s1. The first kappa shape index (κ1) is 31.9. The summed E-state index contributed by atoms with van der Waals surface area (Å²) in [6, 6.07) is 13.1. The van der Waals surface area contributed by atoms with E-state index in [2.05, 4.69) is 32.0 Å². The Morgan fingerprint density at radius 2 is 1.87 bits per heavy atom. The topological polar surface area (TPSA) is 158 Å². The number of nitrogen functional groups attached to an aromatic ring is 1. The normalized spacial score (nSPS) is 15.3. The van der Waals surface area contributed by atoms with Crippen LogP contribution < -0.4 is 10.5 Å². The average molecular weight is 645 g/mol. The molecule has 0 saturated heterocycles. The maximum absolute atomic E-state index is 12.2. The SMILES string of the molecule is Cc1nc([C@@](C)(CS(C)(=O)=O)c2ccc3c(c2N)Cc2ccccc2-3)no1.O=C(O)c1cc(OCC(F)(F)F)c(C2CC2)cn1. The van der Waals surface area contributed by atoms with Crippen LogP contribution in [0.3, 0.4) is 0 Å². The van der Waals surface area contributed by atoms with Crippen molar-refractivity contribution in [1.82, 2.24) is 15.1 Å². The van der Waals surface area contributed by atoms with Crippen molar-refractivity contribution in [3.63, 3.8) is 0 Å². The first-order valence-corrected chi connectivity index (χ1v) is 16.0. The molecule has 238 valence electrons. The number of aromatic carboxylic acids is 1. The van der Waals surface area contributed by atoms with Crippen LogP contribution in [0.4, 0.5) is 18.9 Å². The Bertz CT molecular complexity index is 1870. The Morgan fingerprint density at radius 1 is 1.16 bits per heavy atom. The molecule has 0 aliphatic heterocycles. The van der Waals surface area contributed by atoms with Crippen LogP contribution in [0.15, 0.2) is 53.2 Å². The molecule has 2 aromatic carbocycles. The molecule has 0 unspecified atom stereocenters. The summed E-state index contributed by atoms with van der Waals surface area (Å²) in [4.78, 5) is 18.7. The zero-order valence-electron chi connectivity index (χ0n) is 24.7. The summed E-state index contributed by atoms with van der Waals surface area (Å²) in [6.07, 6.45) is 0.482. The zero-order chi connectivity index (χ0) is 32.7. The molecule has 45 heavy (non-hydrogen) atoms. The second-order valence-corrected chi connectivity index (χ2v) is 13.7. The Balaban J connectivity index is 0.000000194. The fourth-order valence-electron chi connectivity index (χ4n) is 5.58. The molecule has 1 saturated carbocycles. The summed E-state index contributed by atoms with van der Waals surface area (Å²) in [5.41, 5.74) is 11.6. The van der Waals surface area contributed by atoms with E-state index < -0.39 is 34.0 Å². The first-order valence-electron chi connectivity index (χ1n) is 14.0. The summed E-state index contributed by atoms with van der Waals surface area (Å²) < 4.78 is 70.5. The maximum atomic E-state index is 12.2. The van der Waals surface area contributed by atoms with Crippen LogP contribution in [0.2, 0.25) is 0 Å². The predicted molar refractivity (Wildman–Crippen MR) is 159 cm³/mol. The van der Waals surface area contributed by atoms with Gasteiger partial charge in [0.1, 0.15) is 15.6 Å². The van der Waals surface area contributed by atoms with E-state index in [4.69, 9.17) is 15.4 Å². The number of benzene rings is 2. The summed E-state index contributed by atoms with van der Waals surface area (Å²) >= 11 is 0. The number of alkyl halides is 3. The van der Waals surface area contributed by atoms with Gasteiger partial charge in [0.25, 0.3) is 0 Å². The fourth-order valence-corrected chi connectivity index (χ4v) is 6.91. The van der Waals surface area contributed by atoms with Gasteiger partial charge in [-0.15, -0.1) is 0 Å². The van der Waals surface area contributed by atoms with Gasteiger partial charge in [-0.05, 0) is 53.5 Å². The van der Waals surface area contributed by atoms with Gasteiger partial charge in [-0.2, -0.15) is 18.2 Å². The number of hydrogen-bond donors (Lipinski definition) is 2. The molecule has 2 heterocycles. The molecule has 0 amide bonds. The van der Waals surface area contributed by atoms with Gasteiger partial charge in [0.2, 0.25) is 5.89 Å². The summed E-state index contributed by atoms with van der Waals surface area (Å²) in [5.74, 6) is -0.654. The minimum absolute atomic E-state index is 0.0396. The van der Waals surface area contributed by atoms with Crippen molar-refractivity contribution >= 4 is 21.5 Å². The van der Waals surface area contributed by atoms with E-state index in [1.54, 1.807) is 13.8 Å². The van der Waals surface area contributed by atoms with E-state index in [1.807, 2.05) is 24.3 Å². The fraction of sp³-hybridized carbons (Fsp3) is 0.355. The Morgan fingerprint density at radius 3 is 2.47 bits per heavy atom. The van der Waals surface area contributed by atoms with E-state index in [0.717, 1.165) is 36.5 Å². The van der Waals surface area contributed by atoms with E-state index in [-0.39, 0.29) is 23.1 Å². The number of ether oxygens (including phenoxy) is 1. The molecule has 0 radical (unpaired) electrons. The van der Waals surface area contributed by atoms with Crippen LogP contribution >= 0.6 is 0 Å². The molecule has 1 atom stereocenters. The number of sulfone groups is 1. The van der Waals surface area contributed by atoms with Crippen LogP contribution in [-0.2, 0) is 21.7 Å². The third-order valence-electron chi connectivity index (χ3n) is 7.72. The largest absolute Gasteiger partial charge is 0.484 e. The second-order valence-electron chi connectivity index (χ2n) is 11.5. The number of carboxylic acid groups (broad SMARTS) is 1. The molecule has 1 fully saturated rings. The molecule has 14 heteroatoms. The van der Waals surface area contributed by atoms with Gasteiger partial charge in [0.05, 0.1) is 11.2 Å². The molecule has 6 rings (SSSR count). The lowest BCUT2D eigenvalue weighted by molar-refractivity contribution is -0.153. The third kappa shape index (κ3) is 7.11. The van der Waals surface area contributed by atoms with E-state index in [1.165, 1.54) is 23.6 Å². The van der Waals surface area contributed by atoms with Gasteiger partial charge in [-0.3, -0.25) is 0 Å². The predicted octanol–water partition coefficient (Wildman–Crippen LogP) is 5.48. The average Bonchev–Trinajstić information content (AvgIpc) is 3.58. The molecule has 2 aliphatic rings. The molecule has 4 aromatic rings. The monoisotopic (exact) mass is 644 g/mol. The van der Waals surface area contributed by atoms with Gasteiger partial charge < -0.3 is 20.1 Å². The van der Waals surface area contributed by atoms with Crippen LogP contribution in [-0.4, -0.2) is 59.4 Å². The maximum Gasteiger partial charge on any atom is 0.422 e. The third-order valence-corrected chi connectivity index (χ3v) is 8.82. The lowest BCUT2D eigenvalue weighted by Crippen LogP contribution is -2.34. The molecule has 0 spiro atoms. The highest BCUT2D eigenvalue weighted by molar-refractivity contribution is 7.90. The second kappa shape index (κ2) is 11.8. The molecule has 0 bridgehead atoms. The van der Waals surface area contributed by atoms with Crippen LogP contribution in [0.5, 0.6) is 5.75 Å². The van der Waals surface area contributed by atoms with Gasteiger partial charge >= 0.3 is 12.1 Å². The highest BCUT2D eigenvalue weighted by atomic mass is 32.2. The van der Waals surface area contributed by atoms with E-state index >= 15 is 0 Å². The van der Waals surface area contributed by atoms with Gasteiger partial charge in [0, 0.05) is 43.1 Å². The Hall–Kier alpha value is -4.46. The lowest BCUT2D eigenvalue weighted by atomic mass is 9.80. The smallest absolute Gasteiger partial charge is 0.422 e. The number of carboxylic acids is 1. The number of pyridine rings is 1. The minimum atomic E-state index is -4.45. The van der Waals surface area contributed by atoms with Crippen molar-refractivity contribution in [2.45, 2.75) is 50.6 Å². The van der Waals surface area contributed by atoms with Crippen molar-refractivity contribution in [2.75, 3.05) is 24.3 Å². The quantitative estimate of drug-likeness (QED) is 0.207. The molecular formula is C31H31F3N4O6S. The number of carbonyl (C=O) groups is 1. The van der Waals surface area contributed by atoms with E-state index in [9.17, 15) is 26.4 Å². The highest BCUT2D eigenvalue weighted by Gasteiger charge is 2.40. The molecular weight excluding hydrogens is 613 g/mol. The number of nitrogens with zero attached hydrogens (tertiary/aromatic N) is 3. The minimum Gasteiger partial charge on any atom is -0.484 e. The molecule has 10 nitrogen and oxygen atoms in total. The highest BCUT2D eigenvalue weighted by Crippen LogP contribution is 2.45.